The van der Waals surface area contributed by atoms with E-state index in [1.54, 1.807) is 4.90 Å². The number of nitrogens with zero attached hydrogens (tertiary/aromatic N) is 1. The summed E-state index contributed by atoms with van der Waals surface area (Å²) in [7, 11) is 0. The molecular formula is C22H30FN3O5. The number of carbonyl (C=O) groups excluding carboxylic acids is 2. The first-order chi connectivity index (χ1) is 15.0. The summed E-state index contributed by atoms with van der Waals surface area (Å²) in [6.07, 6.45) is 2.50. The molecule has 3 fully saturated rings. The van der Waals surface area contributed by atoms with Crippen LogP contribution < -0.4 is 10.6 Å². The smallest absolute Gasteiger partial charge is 0.322 e. The van der Waals surface area contributed by atoms with Gasteiger partial charge in [0.2, 0.25) is 5.91 Å². The maximum absolute atomic E-state index is 13.2. The molecule has 3 aliphatic rings. The summed E-state index contributed by atoms with van der Waals surface area (Å²) in [5.74, 6) is 0.229. The molecule has 1 aliphatic carbocycles. The normalized spacial score (nSPS) is 28.8. The van der Waals surface area contributed by atoms with E-state index in [0.717, 1.165) is 6.54 Å². The number of benzene rings is 1. The number of hydrogen-bond donors (Lipinski definition) is 3. The lowest BCUT2D eigenvalue weighted by atomic mass is 9.95. The molecule has 0 bridgehead atoms. The Hall–Kier alpha value is -2.23. The minimum atomic E-state index is -0.814. The third-order valence-electron chi connectivity index (χ3n) is 6.04. The highest BCUT2D eigenvalue weighted by molar-refractivity contribution is 5.89. The SMILES string of the molecule is O=C(C[C@@H]1CC[C@H]2[C@@H](COC[C@H](O)CN2C(=O)Nc2ccc(F)cc2)O1)NCC1CC1. The summed E-state index contributed by atoms with van der Waals surface area (Å²) in [4.78, 5) is 26.8. The second-order valence-corrected chi connectivity index (χ2v) is 8.67. The number of halogens is 1. The largest absolute Gasteiger partial charge is 0.389 e. The number of carbonyl (C=O) groups is 2. The first-order valence-electron chi connectivity index (χ1n) is 11.0. The van der Waals surface area contributed by atoms with Crippen LogP contribution in [0.3, 0.4) is 0 Å². The fourth-order valence-corrected chi connectivity index (χ4v) is 4.16. The second kappa shape index (κ2) is 9.93. The van der Waals surface area contributed by atoms with Crippen LogP contribution in [0, 0.1) is 11.7 Å². The van der Waals surface area contributed by atoms with Gasteiger partial charge >= 0.3 is 6.03 Å². The molecule has 8 nitrogen and oxygen atoms in total. The lowest BCUT2D eigenvalue weighted by molar-refractivity contribution is -0.149. The monoisotopic (exact) mass is 435 g/mol. The number of ether oxygens (including phenoxy) is 2. The van der Waals surface area contributed by atoms with E-state index in [-0.39, 0.29) is 55.8 Å². The van der Waals surface area contributed by atoms with Gasteiger partial charge in [-0.3, -0.25) is 4.79 Å². The number of fused-ring (bicyclic) bond motifs is 1. The molecule has 1 saturated carbocycles. The van der Waals surface area contributed by atoms with E-state index in [0.29, 0.717) is 30.9 Å². The molecular weight excluding hydrogens is 405 g/mol. The Morgan fingerprint density at radius 1 is 1.13 bits per heavy atom. The summed E-state index contributed by atoms with van der Waals surface area (Å²) in [5.41, 5.74) is 0.470. The maximum atomic E-state index is 13.2. The van der Waals surface area contributed by atoms with Crippen molar-refractivity contribution in [1.82, 2.24) is 10.2 Å². The van der Waals surface area contributed by atoms with Gasteiger partial charge in [0.15, 0.2) is 0 Å². The molecule has 2 saturated heterocycles. The van der Waals surface area contributed by atoms with Crippen LogP contribution in [0.15, 0.2) is 24.3 Å². The standard InChI is InChI=1S/C22H30FN3O5/c23-15-3-5-16(6-4-15)25-22(29)26-11-17(27)12-30-13-20-19(26)8-7-18(31-20)9-21(28)24-10-14-1-2-14/h3-6,14,17-20,27H,1-2,7-13H2,(H,24,28)(H,25,29)/t17-,18+,19+,20-/m1/s1. The predicted octanol–water partition coefficient (Wildman–Crippen LogP) is 1.88. The highest BCUT2D eigenvalue weighted by atomic mass is 19.1. The van der Waals surface area contributed by atoms with Gasteiger partial charge in [-0.05, 0) is 55.9 Å². The Balaban J connectivity index is 1.38. The number of aliphatic hydroxyl groups is 1. The van der Waals surface area contributed by atoms with Crippen LogP contribution >= 0.6 is 0 Å². The van der Waals surface area contributed by atoms with Crippen LogP contribution in [0.2, 0.25) is 0 Å². The molecule has 4 rings (SSSR count). The minimum absolute atomic E-state index is 0.0107. The van der Waals surface area contributed by atoms with Crippen molar-refractivity contribution in [1.29, 1.82) is 0 Å². The number of aliphatic hydroxyl groups excluding tert-OH is 1. The zero-order valence-electron chi connectivity index (χ0n) is 17.5. The molecule has 31 heavy (non-hydrogen) atoms. The quantitative estimate of drug-likeness (QED) is 0.656. The van der Waals surface area contributed by atoms with Gasteiger partial charge in [-0.1, -0.05) is 0 Å². The first kappa shape index (κ1) is 22.0. The van der Waals surface area contributed by atoms with E-state index < -0.39 is 6.10 Å². The Morgan fingerprint density at radius 3 is 2.65 bits per heavy atom. The number of rotatable bonds is 5. The van der Waals surface area contributed by atoms with Crippen LogP contribution in [-0.4, -0.2) is 72.6 Å². The highest BCUT2D eigenvalue weighted by Gasteiger charge is 2.40. The van der Waals surface area contributed by atoms with Crippen molar-refractivity contribution in [2.75, 3.05) is 31.6 Å². The zero-order valence-corrected chi connectivity index (χ0v) is 17.5. The third kappa shape index (κ3) is 6.15. The van der Waals surface area contributed by atoms with E-state index in [2.05, 4.69) is 10.6 Å². The molecule has 0 radical (unpaired) electrons. The minimum Gasteiger partial charge on any atom is -0.389 e. The Bertz CT molecular complexity index is 773. The maximum Gasteiger partial charge on any atom is 0.322 e. The van der Waals surface area contributed by atoms with Crippen molar-refractivity contribution in [3.63, 3.8) is 0 Å². The summed E-state index contributed by atoms with van der Waals surface area (Å²) in [6, 6.07) is 4.85. The first-order valence-corrected chi connectivity index (χ1v) is 11.0. The average Bonchev–Trinajstić information content (AvgIpc) is 3.56. The van der Waals surface area contributed by atoms with E-state index >= 15 is 0 Å². The molecule has 0 spiro atoms. The molecule has 4 atom stereocenters. The molecule has 0 unspecified atom stereocenters. The van der Waals surface area contributed by atoms with Crippen molar-refractivity contribution in [2.24, 2.45) is 5.92 Å². The van der Waals surface area contributed by atoms with Gasteiger partial charge in [0.05, 0.1) is 44.4 Å². The van der Waals surface area contributed by atoms with Crippen LogP contribution in [0.4, 0.5) is 14.9 Å². The van der Waals surface area contributed by atoms with Crippen LogP contribution in [0.5, 0.6) is 0 Å². The Labute approximate surface area is 181 Å². The molecule has 2 aliphatic heterocycles. The second-order valence-electron chi connectivity index (χ2n) is 8.67. The highest BCUT2D eigenvalue weighted by Crippen LogP contribution is 2.29. The molecule has 0 aromatic heterocycles. The fourth-order valence-electron chi connectivity index (χ4n) is 4.16. The number of amides is 3. The van der Waals surface area contributed by atoms with Crippen molar-refractivity contribution in [2.45, 2.75) is 56.5 Å². The molecule has 3 N–H and O–H groups in total. The zero-order chi connectivity index (χ0) is 21.8. The van der Waals surface area contributed by atoms with E-state index in [1.165, 1.54) is 37.1 Å². The number of nitrogens with one attached hydrogen (secondary N) is 2. The molecule has 170 valence electrons. The van der Waals surface area contributed by atoms with Gasteiger partial charge in [0, 0.05) is 12.2 Å². The summed E-state index contributed by atoms with van der Waals surface area (Å²) >= 11 is 0. The molecule has 2 heterocycles. The Morgan fingerprint density at radius 2 is 1.90 bits per heavy atom. The molecule has 1 aromatic rings. The number of anilines is 1. The third-order valence-corrected chi connectivity index (χ3v) is 6.04. The molecule has 9 heteroatoms. The number of hydrogen-bond acceptors (Lipinski definition) is 5. The number of β-amino-alcohol motifs (C(OH)–C–C–N with tert-alkyl or cyclic N) is 1. The van der Waals surface area contributed by atoms with Gasteiger partial charge in [-0.25, -0.2) is 9.18 Å². The number of urea groups is 1. The van der Waals surface area contributed by atoms with Gasteiger partial charge in [0.1, 0.15) is 11.9 Å². The van der Waals surface area contributed by atoms with Crippen molar-refractivity contribution < 1.29 is 28.6 Å². The van der Waals surface area contributed by atoms with Gasteiger partial charge < -0.3 is 30.1 Å². The summed E-state index contributed by atoms with van der Waals surface area (Å²) in [5, 5.41) is 15.9. The van der Waals surface area contributed by atoms with E-state index in [4.69, 9.17) is 9.47 Å². The predicted molar refractivity (Wildman–Crippen MR) is 111 cm³/mol. The van der Waals surface area contributed by atoms with Crippen LogP contribution in [0.1, 0.15) is 32.1 Å². The van der Waals surface area contributed by atoms with Crippen molar-refractivity contribution >= 4 is 17.6 Å². The molecule has 1 aromatic carbocycles. The van der Waals surface area contributed by atoms with Crippen LogP contribution in [-0.2, 0) is 14.3 Å². The average molecular weight is 435 g/mol. The fraction of sp³-hybridized carbons (Fsp3) is 0.636. The van der Waals surface area contributed by atoms with Crippen molar-refractivity contribution in [3.8, 4) is 0 Å². The van der Waals surface area contributed by atoms with Gasteiger partial charge in [-0.15, -0.1) is 0 Å². The van der Waals surface area contributed by atoms with Crippen LogP contribution in [0.25, 0.3) is 0 Å². The van der Waals surface area contributed by atoms with Crippen molar-refractivity contribution in [3.05, 3.63) is 30.1 Å². The lowest BCUT2D eigenvalue weighted by Gasteiger charge is -2.44. The van der Waals surface area contributed by atoms with E-state index in [1.807, 2.05) is 0 Å². The summed E-state index contributed by atoms with van der Waals surface area (Å²) in [6.45, 7) is 1.17. The molecule has 3 amide bonds. The summed E-state index contributed by atoms with van der Waals surface area (Å²) < 4.78 is 24.9. The van der Waals surface area contributed by atoms with Gasteiger partial charge in [-0.2, -0.15) is 0 Å². The van der Waals surface area contributed by atoms with E-state index in [9.17, 15) is 19.1 Å². The topological polar surface area (TPSA) is 100 Å². The Kier molecular flexibility index (Phi) is 7.04. The lowest BCUT2D eigenvalue weighted by Crippen LogP contribution is -2.58. The van der Waals surface area contributed by atoms with Gasteiger partial charge in [0.25, 0.3) is 0 Å².